The number of nitrogens with zero attached hydrogens (tertiary/aromatic N) is 4. The summed E-state index contributed by atoms with van der Waals surface area (Å²) in [7, 11) is -3.17. The van der Waals surface area contributed by atoms with Gasteiger partial charge in [-0.2, -0.15) is 0 Å². The zero-order chi connectivity index (χ0) is 21.6. The fourth-order valence-corrected chi connectivity index (χ4v) is 4.24. The predicted molar refractivity (Wildman–Crippen MR) is 119 cm³/mol. The molecule has 1 fully saturated rings. The standard InChI is InChI=1S/C22H32N4O3S/c1-4-5-19-16-23-22(24-17-19)26-13-11-25(12-14-26)18(2)10-15-29-20-6-8-21(9-7-20)30(3,27)28/h6-9,16-18H,4-5,10-15H2,1-3H3. The lowest BCUT2D eigenvalue weighted by atomic mass is 10.2. The molecule has 1 aromatic carbocycles. The Morgan fingerprint density at radius 2 is 1.70 bits per heavy atom. The Morgan fingerprint density at radius 3 is 2.27 bits per heavy atom. The number of anilines is 1. The Hall–Kier alpha value is -2.19. The largest absolute Gasteiger partial charge is 0.494 e. The highest BCUT2D eigenvalue weighted by Gasteiger charge is 2.22. The minimum absolute atomic E-state index is 0.310. The van der Waals surface area contributed by atoms with E-state index in [1.165, 1.54) is 11.8 Å². The van der Waals surface area contributed by atoms with Gasteiger partial charge in [-0.1, -0.05) is 13.3 Å². The molecule has 164 valence electrons. The van der Waals surface area contributed by atoms with Crippen LogP contribution in [0.4, 0.5) is 5.95 Å². The van der Waals surface area contributed by atoms with Crippen molar-refractivity contribution >= 4 is 15.8 Å². The lowest BCUT2D eigenvalue weighted by molar-refractivity contribution is 0.165. The van der Waals surface area contributed by atoms with Gasteiger partial charge >= 0.3 is 0 Å². The molecule has 8 heteroatoms. The van der Waals surface area contributed by atoms with Crippen molar-refractivity contribution in [3.05, 3.63) is 42.2 Å². The molecule has 1 aliphatic rings. The van der Waals surface area contributed by atoms with Crippen molar-refractivity contribution in [1.82, 2.24) is 14.9 Å². The number of sulfone groups is 1. The molecule has 0 N–H and O–H groups in total. The van der Waals surface area contributed by atoms with E-state index >= 15 is 0 Å². The van der Waals surface area contributed by atoms with Gasteiger partial charge in [0.15, 0.2) is 9.84 Å². The predicted octanol–water partition coefficient (Wildman–Crippen LogP) is 2.81. The third-order valence-electron chi connectivity index (χ3n) is 5.51. The van der Waals surface area contributed by atoms with Crippen LogP contribution in [0.3, 0.4) is 0 Å². The third kappa shape index (κ3) is 6.15. The molecule has 0 amide bonds. The molecule has 0 radical (unpaired) electrons. The second-order valence-corrected chi connectivity index (χ2v) is 9.91. The van der Waals surface area contributed by atoms with Crippen molar-refractivity contribution in [1.29, 1.82) is 0 Å². The first-order valence-electron chi connectivity index (χ1n) is 10.6. The minimum Gasteiger partial charge on any atom is -0.494 e. The van der Waals surface area contributed by atoms with Crippen LogP contribution in [0.2, 0.25) is 0 Å². The van der Waals surface area contributed by atoms with Crippen LogP contribution in [0.5, 0.6) is 5.75 Å². The van der Waals surface area contributed by atoms with E-state index in [9.17, 15) is 8.42 Å². The lowest BCUT2D eigenvalue weighted by Crippen LogP contribution is -2.50. The van der Waals surface area contributed by atoms with E-state index in [-0.39, 0.29) is 0 Å². The summed E-state index contributed by atoms with van der Waals surface area (Å²) in [5.41, 5.74) is 1.19. The number of benzene rings is 1. The van der Waals surface area contributed by atoms with Crippen molar-refractivity contribution in [2.24, 2.45) is 0 Å². The molecule has 1 saturated heterocycles. The highest BCUT2D eigenvalue weighted by Crippen LogP contribution is 2.18. The summed E-state index contributed by atoms with van der Waals surface area (Å²) < 4.78 is 28.8. The number of ether oxygens (including phenoxy) is 1. The maximum Gasteiger partial charge on any atom is 0.225 e. The molecule has 1 aromatic heterocycles. The molecule has 7 nitrogen and oxygen atoms in total. The first-order valence-corrected chi connectivity index (χ1v) is 12.5. The maximum absolute atomic E-state index is 11.5. The Kier molecular flexibility index (Phi) is 7.66. The fourth-order valence-electron chi connectivity index (χ4n) is 3.60. The molecule has 2 aromatic rings. The van der Waals surface area contributed by atoms with Gasteiger partial charge in [0.1, 0.15) is 5.75 Å². The Labute approximate surface area is 180 Å². The Balaban J connectivity index is 1.41. The minimum atomic E-state index is -3.17. The Bertz CT molecular complexity index is 893. The summed E-state index contributed by atoms with van der Waals surface area (Å²) in [6.45, 7) is 8.78. The van der Waals surface area contributed by atoms with Gasteiger partial charge in [-0.05, 0) is 49.6 Å². The molecule has 0 saturated carbocycles. The van der Waals surface area contributed by atoms with Crippen LogP contribution in [0.1, 0.15) is 32.3 Å². The van der Waals surface area contributed by atoms with Crippen LogP contribution >= 0.6 is 0 Å². The average molecular weight is 433 g/mol. The maximum atomic E-state index is 11.5. The first kappa shape index (κ1) is 22.5. The van der Waals surface area contributed by atoms with Gasteiger partial charge in [0.2, 0.25) is 5.95 Å². The van der Waals surface area contributed by atoms with E-state index in [0.717, 1.165) is 51.4 Å². The molecule has 1 aliphatic heterocycles. The monoisotopic (exact) mass is 432 g/mol. The van der Waals surface area contributed by atoms with Crippen LogP contribution < -0.4 is 9.64 Å². The van der Waals surface area contributed by atoms with E-state index in [1.54, 1.807) is 24.3 Å². The molecular formula is C22H32N4O3S. The molecule has 0 spiro atoms. The van der Waals surface area contributed by atoms with E-state index < -0.39 is 9.84 Å². The molecule has 30 heavy (non-hydrogen) atoms. The second kappa shape index (κ2) is 10.2. The molecule has 0 aliphatic carbocycles. The van der Waals surface area contributed by atoms with Crippen molar-refractivity contribution in [3.8, 4) is 5.75 Å². The van der Waals surface area contributed by atoms with E-state index in [1.807, 2.05) is 12.4 Å². The SMILES string of the molecule is CCCc1cnc(N2CCN(C(C)CCOc3ccc(S(C)(=O)=O)cc3)CC2)nc1. The van der Waals surface area contributed by atoms with E-state index in [2.05, 4.69) is 33.6 Å². The van der Waals surface area contributed by atoms with Crippen molar-refractivity contribution in [2.45, 2.75) is 44.0 Å². The highest BCUT2D eigenvalue weighted by molar-refractivity contribution is 7.90. The van der Waals surface area contributed by atoms with Gasteiger partial charge in [0.25, 0.3) is 0 Å². The van der Waals surface area contributed by atoms with Gasteiger partial charge in [0, 0.05) is 50.9 Å². The zero-order valence-corrected chi connectivity index (χ0v) is 18.9. The summed E-state index contributed by atoms with van der Waals surface area (Å²) >= 11 is 0. The lowest BCUT2D eigenvalue weighted by Gasteiger charge is -2.38. The quantitative estimate of drug-likeness (QED) is 0.603. The zero-order valence-electron chi connectivity index (χ0n) is 18.1. The smallest absolute Gasteiger partial charge is 0.225 e. The number of rotatable bonds is 9. The molecular weight excluding hydrogens is 400 g/mol. The summed E-state index contributed by atoms with van der Waals surface area (Å²) in [5.74, 6) is 1.52. The molecule has 3 rings (SSSR count). The van der Waals surface area contributed by atoms with Crippen LogP contribution in [-0.4, -0.2) is 68.4 Å². The van der Waals surface area contributed by atoms with Gasteiger partial charge in [0.05, 0.1) is 11.5 Å². The van der Waals surface area contributed by atoms with Crippen LogP contribution in [0, 0.1) is 0 Å². The van der Waals surface area contributed by atoms with Crippen molar-refractivity contribution in [2.75, 3.05) is 43.9 Å². The van der Waals surface area contributed by atoms with Crippen LogP contribution in [0.25, 0.3) is 0 Å². The molecule has 2 heterocycles. The normalized spacial score (nSPS) is 16.4. The number of piperazine rings is 1. The van der Waals surface area contributed by atoms with Gasteiger partial charge < -0.3 is 9.64 Å². The fraction of sp³-hybridized carbons (Fsp3) is 0.545. The Morgan fingerprint density at radius 1 is 1.07 bits per heavy atom. The van der Waals surface area contributed by atoms with Crippen LogP contribution in [0.15, 0.2) is 41.6 Å². The number of hydrogen-bond acceptors (Lipinski definition) is 7. The summed E-state index contributed by atoms with van der Waals surface area (Å²) in [6, 6.07) is 7.02. The van der Waals surface area contributed by atoms with Crippen LogP contribution in [-0.2, 0) is 16.3 Å². The summed E-state index contributed by atoms with van der Waals surface area (Å²) in [5, 5.41) is 0. The van der Waals surface area contributed by atoms with Gasteiger partial charge in [-0.3, -0.25) is 4.90 Å². The van der Waals surface area contributed by atoms with Gasteiger partial charge in [-0.15, -0.1) is 0 Å². The first-order chi connectivity index (χ1) is 14.4. The number of aromatic nitrogens is 2. The topological polar surface area (TPSA) is 75.6 Å². The molecule has 1 atom stereocenters. The summed E-state index contributed by atoms with van der Waals surface area (Å²) in [6.07, 6.45) is 8.14. The molecule has 1 unspecified atom stereocenters. The van der Waals surface area contributed by atoms with Crippen molar-refractivity contribution < 1.29 is 13.2 Å². The van der Waals surface area contributed by atoms with E-state index in [4.69, 9.17) is 4.74 Å². The number of hydrogen-bond donors (Lipinski definition) is 0. The number of aryl methyl sites for hydroxylation is 1. The third-order valence-corrected chi connectivity index (χ3v) is 6.64. The van der Waals surface area contributed by atoms with E-state index in [0.29, 0.717) is 23.3 Å². The highest BCUT2D eigenvalue weighted by atomic mass is 32.2. The average Bonchev–Trinajstić information content (AvgIpc) is 2.74. The second-order valence-electron chi connectivity index (χ2n) is 7.89. The molecule has 0 bridgehead atoms. The van der Waals surface area contributed by atoms with Gasteiger partial charge in [-0.25, -0.2) is 18.4 Å². The van der Waals surface area contributed by atoms with Crippen molar-refractivity contribution in [3.63, 3.8) is 0 Å². The summed E-state index contributed by atoms with van der Waals surface area (Å²) in [4.78, 5) is 14.1.